The molecule has 130 valence electrons. The molecule has 1 saturated heterocycles. The Balaban J connectivity index is 2.63. The monoisotopic (exact) mass is 335 g/mol. The summed E-state index contributed by atoms with van der Waals surface area (Å²) in [6, 6.07) is 0.0630. The summed E-state index contributed by atoms with van der Waals surface area (Å²) in [5, 5.41) is 0. The lowest BCUT2D eigenvalue weighted by atomic mass is 10.0. The van der Waals surface area contributed by atoms with Gasteiger partial charge in [0, 0.05) is 11.6 Å². The predicted octanol–water partition coefficient (Wildman–Crippen LogP) is 2.92. The third kappa shape index (κ3) is 6.12. The smallest absolute Gasteiger partial charge is 0.410 e. The van der Waals surface area contributed by atoms with Crippen LogP contribution < -0.4 is 0 Å². The van der Waals surface area contributed by atoms with Crippen LogP contribution in [0.25, 0.3) is 0 Å². The fourth-order valence-electron chi connectivity index (χ4n) is 2.77. The third-order valence-electron chi connectivity index (χ3n) is 3.68. The van der Waals surface area contributed by atoms with Gasteiger partial charge in [0.05, 0.1) is 12.9 Å². The molecular formula is C15H29NO5S. The number of amides is 1. The van der Waals surface area contributed by atoms with E-state index in [-0.39, 0.29) is 24.3 Å². The minimum atomic E-state index is -3.40. The van der Waals surface area contributed by atoms with Crippen LogP contribution in [0.15, 0.2) is 0 Å². The zero-order chi connectivity index (χ0) is 17.2. The van der Waals surface area contributed by atoms with E-state index in [1.54, 1.807) is 4.90 Å². The molecule has 7 heteroatoms. The van der Waals surface area contributed by atoms with Gasteiger partial charge in [-0.1, -0.05) is 0 Å². The fourth-order valence-corrected chi connectivity index (χ4v) is 3.19. The van der Waals surface area contributed by atoms with Crippen molar-refractivity contribution in [3.8, 4) is 0 Å². The number of carbonyl (C=O) groups is 1. The molecule has 0 aromatic rings. The van der Waals surface area contributed by atoms with Crippen LogP contribution in [0, 0.1) is 0 Å². The second-order valence-corrected chi connectivity index (χ2v) is 9.17. The molecule has 1 fully saturated rings. The van der Waals surface area contributed by atoms with E-state index < -0.39 is 15.7 Å². The van der Waals surface area contributed by atoms with Crippen molar-refractivity contribution in [3.63, 3.8) is 0 Å². The van der Waals surface area contributed by atoms with Crippen molar-refractivity contribution in [1.82, 2.24) is 4.90 Å². The standard InChI is InChI=1S/C15H29NO5S/c1-14(2,3)21-13(17)16-12(9-10-15(16,4)5)8-7-11-20-22(6,18)19/h12H,7-11H2,1-6H3. The summed E-state index contributed by atoms with van der Waals surface area (Å²) in [6.07, 6.45) is 3.84. The van der Waals surface area contributed by atoms with Gasteiger partial charge in [-0.3, -0.25) is 4.18 Å². The highest BCUT2D eigenvalue weighted by Crippen LogP contribution is 2.36. The molecule has 1 aliphatic heterocycles. The summed E-state index contributed by atoms with van der Waals surface area (Å²) in [4.78, 5) is 14.3. The van der Waals surface area contributed by atoms with E-state index in [9.17, 15) is 13.2 Å². The van der Waals surface area contributed by atoms with Crippen LogP contribution in [0.2, 0.25) is 0 Å². The lowest BCUT2D eigenvalue weighted by molar-refractivity contribution is 0.00255. The topological polar surface area (TPSA) is 72.9 Å². The normalized spacial score (nSPS) is 21.9. The summed E-state index contributed by atoms with van der Waals surface area (Å²) < 4.78 is 32.2. The van der Waals surface area contributed by atoms with E-state index in [0.717, 1.165) is 19.1 Å². The molecule has 22 heavy (non-hydrogen) atoms. The molecule has 0 spiro atoms. The van der Waals surface area contributed by atoms with Gasteiger partial charge in [0.15, 0.2) is 0 Å². The summed E-state index contributed by atoms with van der Waals surface area (Å²) in [5.41, 5.74) is -0.773. The molecule has 1 aliphatic rings. The van der Waals surface area contributed by atoms with E-state index in [1.165, 1.54) is 0 Å². The maximum absolute atomic E-state index is 12.5. The second kappa shape index (κ2) is 6.74. The van der Waals surface area contributed by atoms with Crippen molar-refractivity contribution in [3.05, 3.63) is 0 Å². The Hall–Kier alpha value is -0.820. The van der Waals surface area contributed by atoms with Gasteiger partial charge in [0.25, 0.3) is 10.1 Å². The van der Waals surface area contributed by atoms with Crippen molar-refractivity contribution in [2.45, 2.75) is 77.5 Å². The van der Waals surface area contributed by atoms with Crippen molar-refractivity contribution >= 4 is 16.2 Å². The van der Waals surface area contributed by atoms with E-state index >= 15 is 0 Å². The first-order valence-corrected chi connectivity index (χ1v) is 9.50. The zero-order valence-corrected chi connectivity index (χ0v) is 15.3. The Morgan fingerprint density at radius 2 is 1.91 bits per heavy atom. The largest absolute Gasteiger partial charge is 0.444 e. The maximum Gasteiger partial charge on any atom is 0.410 e. The van der Waals surface area contributed by atoms with Gasteiger partial charge in [0.1, 0.15) is 5.60 Å². The van der Waals surface area contributed by atoms with Crippen LogP contribution in [-0.4, -0.2) is 49.5 Å². The molecule has 6 nitrogen and oxygen atoms in total. The van der Waals surface area contributed by atoms with E-state index in [2.05, 4.69) is 0 Å². The molecule has 1 heterocycles. The highest BCUT2D eigenvalue weighted by atomic mass is 32.2. The highest BCUT2D eigenvalue weighted by Gasteiger charge is 2.43. The Morgan fingerprint density at radius 3 is 2.41 bits per heavy atom. The van der Waals surface area contributed by atoms with Gasteiger partial charge in [-0.15, -0.1) is 0 Å². The molecule has 1 unspecified atom stereocenters. The van der Waals surface area contributed by atoms with Crippen molar-refractivity contribution in [2.24, 2.45) is 0 Å². The van der Waals surface area contributed by atoms with Crippen LogP contribution in [0.4, 0.5) is 4.79 Å². The zero-order valence-electron chi connectivity index (χ0n) is 14.5. The SMILES string of the molecule is CC(C)(C)OC(=O)N1C(CCCOS(C)(=O)=O)CCC1(C)C. The minimum absolute atomic E-state index is 0.0630. The average molecular weight is 335 g/mol. The highest BCUT2D eigenvalue weighted by molar-refractivity contribution is 7.85. The quantitative estimate of drug-likeness (QED) is 0.570. The molecule has 1 atom stereocenters. The van der Waals surface area contributed by atoms with Crippen molar-refractivity contribution in [2.75, 3.05) is 12.9 Å². The number of nitrogens with zero attached hydrogens (tertiary/aromatic N) is 1. The molecular weight excluding hydrogens is 306 g/mol. The number of hydrogen-bond donors (Lipinski definition) is 0. The Labute approximate surface area is 134 Å². The van der Waals surface area contributed by atoms with E-state index in [0.29, 0.717) is 12.8 Å². The van der Waals surface area contributed by atoms with Crippen molar-refractivity contribution in [1.29, 1.82) is 0 Å². The van der Waals surface area contributed by atoms with E-state index in [4.69, 9.17) is 8.92 Å². The number of likely N-dealkylation sites (tertiary alicyclic amines) is 1. The lowest BCUT2D eigenvalue weighted by Gasteiger charge is -2.37. The maximum atomic E-state index is 12.5. The van der Waals surface area contributed by atoms with Gasteiger partial charge in [-0.05, 0) is 60.3 Å². The second-order valence-electron chi connectivity index (χ2n) is 7.52. The Bertz CT molecular complexity index is 493. The Morgan fingerprint density at radius 1 is 1.32 bits per heavy atom. The first kappa shape index (κ1) is 19.2. The van der Waals surface area contributed by atoms with Gasteiger partial charge in [-0.25, -0.2) is 4.79 Å². The van der Waals surface area contributed by atoms with Crippen LogP contribution in [0.3, 0.4) is 0 Å². The predicted molar refractivity (Wildman–Crippen MR) is 85.2 cm³/mol. The summed E-state index contributed by atoms with van der Waals surface area (Å²) >= 11 is 0. The fraction of sp³-hybridized carbons (Fsp3) is 0.933. The molecule has 0 radical (unpaired) electrons. The summed E-state index contributed by atoms with van der Waals surface area (Å²) in [6.45, 7) is 9.76. The summed E-state index contributed by atoms with van der Waals surface area (Å²) in [7, 11) is -3.40. The molecule has 0 bridgehead atoms. The van der Waals surface area contributed by atoms with Crippen molar-refractivity contribution < 1.29 is 22.1 Å². The van der Waals surface area contributed by atoms with E-state index in [1.807, 2.05) is 34.6 Å². The van der Waals surface area contributed by atoms with Gasteiger partial charge in [-0.2, -0.15) is 8.42 Å². The lowest BCUT2D eigenvalue weighted by Crippen LogP contribution is -2.49. The molecule has 1 rings (SSSR count). The average Bonchev–Trinajstić information content (AvgIpc) is 2.56. The van der Waals surface area contributed by atoms with Gasteiger partial charge < -0.3 is 9.64 Å². The minimum Gasteiger partial charge on any atom is -0.444 e. The number of rotatable bonds is 5. The first-order chi connectivity index (χ1) is 9.82. The molecule has 1 amide bonds. The molecule has 0 N–H and O–H groups in total. The third-order valence-corrected chi connectivity index (χ3v) is 4.27. The van der Waals surface area contributed by atoms with Crippen LogP contribution in [0.1, 0.15) is 60.3 Å². The first-order valence-electron chi connectivity index (χ1n) is 7.68. The van der Waals surface area contributed by atoms with Crippen LogP contribution in [-0.2, 0) is 19.0 Å². The number of ether oxygens (including phenoxy) is 1. The summed E-state index contributed by atoms with van der Waals surface area (Å²) in [5.74, 6) is 0. The van der Waals surface area contributed by atoms with Gasteiger partial charge >= 0.3 is 6.09 Å². The molecule has 0 aromatic heterocycles. The number of hydrogen-bond acceptors (Lipinski definition) is 5. The molecule has 0 saturated carbocycles. The molecule has 0 aromatic carbocycles. The molecule has 0 aliphatic carbocycles. The van der Waals surface area contributed by atoms with Gasteiger partial charge in [0.2, 0.25) is 0 Å². The van der Waals surface area contributed by atoms with Crippen LogP contribution >= 0.6 is 0 Å². The van der Waals surface area contributed by atoms with Crippen LogP contribution in [0.5, 0.6) is 0 Å². The number of carbonyl (C=O) groups excluding carboxylic acids is 1. The Kier molecular flexibility index (Phi) is 5.89.